The molecule has 0 radical (unpaired) electrons. The molecule has 0 spiro atoms. The molecule has 0 aliphatic carbocycles. The van der Waals surface area contributed by atoms with E-state index in [0.717, 1.165) is 21.7 Å². The lowest BCUT2D eigenvalue weighted by Gasteiger charge is -2.04. The Morgan fingerprint density at radius 3 is 2.81 bits per heavy atom. The SMILES string of the molecule is NC(=O)c1cccc2ccc3[nH]ccc3c12. The second-order valence-electron chi connectivity index (χ2n) is 3.77. The summed E-state index contributed by atoms with van der Waals surface area (Å²) in [5, 5.41) is 2.99. The third-order valence-corrected chi connectivity index (χ3v) is 2.84. The summed E-state index contributed by atoms with van der Waals surface area (Å²) in [6.07, 6.45) is 1.86. The molecule has 0 aliphatic rings. The Hall–Kier alpha value is -2.29. The molecule has 2 aromatic carbocycles. The Balaban J connectivity index is 2.59. The van der Waals surface area contributed by atoms with Crippen molar-refractivity contribution in [3.8, 4) is 0 Å². The van der Waals surface area contributed by atoms with Gasteiger partial charge in [0.2, 0.25) is 5.91 Å². The smallest absolute Gasteiger partial charge is 0.249 e. The average molecular weight is 210 g/mol. The molecule has 3 N–H and O–H groups in total. The predicted octanol–water partition coefficient (Wildman–Crippen LogP) is 2.42. The largest absolute Gasteiger partial charge is 0.366 e. The molecule has 0 saturated carbocycles. The molecule has 0 aliphatic heterocycles. The molecule has 1 heterocycles. The minimum atomic E-state index is -0.390. The van der Waals surface area contributed by atoms with E-state index in [9.17, 15) is 4.79 Å². The van der Waals surface area contributed by atoms with Crippen LogP contribution in [0, 0.1) is 0 Å². The highest BCUT2D eigenvalue weighted by Crippen LogP contribution is 2.27. The van der Waals surface area contributed by atoms with Gasteiger partial charge < -0.3 is 10.7 Å². The van der Waals surface area contributed by atoms with Crippen LogP contribution in [0.5, 0.6) is 0 Å². The first-order valence-corrected chi connectivity index (χ1v) is 5.06. The summed E-state index contributed by atoms with van der Waals surface area (Å²) in [6, 6.07) is 11.5. The number of hydrogen-bond donors (Lipinski definition) is 2. The maximum Gasteiger partial charge on any atom is 0.249 e. The van der Waals surface area contributed by atoms with E-state index in [1.54, 1.807) is 6.07 Å². The predicted molar refractivity (Wildman–Crippen MR) is 64.3 cm³/mol. The van der Waals surface area contributed by atoms with Crippen molar-refractivity contribution in [3.63, 3.8) is 0 Å². The first kappa shape index (κ1) is 8.97. The van der Waals surface area contributed by atoms with Gasteiger partial charge in [-0.25, -0.2) is 0 Å². The van der Waals surface area contributed by atoms with Crippen molar-refractivity contribution in [2.45, 2.75) is 0 Å². The molecular formula is C13H10N2O. The number of H-pyrrole nitrogens is 1. The lowest BCUT2D eigenvalue weighted by Crippen LogP contribution is -2.11. The van der Waals surface area contributed by atoms with Crippen molar-refractivity contribution in [1.82, 2.24) is 4.98 Å². The normalized spacial score (nSPS) is 11.0. The highest BCUT2D eigenvalue weighted by Gasteiger charge is 2.09. The van der Waals surface area contributed by atoms with Crippen LogP contribution in [-0.4, -0.2) is 10.9 Å². The Bertz CT molecular complexity index is 697. The van der Waals surface area contributed by atoms with Crippen LogP contribution in [0.1, 0.15) is 10.4 Å². The molecule has 1 amide bonds. The summed E-state index contributed by atoms with van der Waals surface area (Å²) in [5.41, 5.74) is 6.98. The average Bonchev–Trinajstić information content (AvgIpc) is 2.76. The van der Waals surface area contributed by atoms with Crippen molar-refractivity contribution in [2.75, 3.05) is 0 Å². The van der Waals surface area contributed by atoms with E-state index in [2.05, 4.69) is 4.98 Å². The van der Waals surface area contributed by atoms with Crippen molar-refractivity contribution < 1.29 is 4.79 Å². The molecular weight excluding hydrogens is 200 g/mol. The number of fused-ring (bicyclic) bond motifs is 3. The van der Waals surface area contributed by atoms with Crippen LogP contribution >= 0.6 is 0 Å². The number of nitrogens with one attached hydrogen (secondary N) is 1. The first-order valence-electron chi connectivity index (χ1n) is 5.06. The molecule has 3 aromatic rings. The highest BCUT2D eigenvalue weighted by molar-refractivity contribution is 6.16. The van der Waals surface area contributed by atoms with E-state index < -0.39 is 0 Å². The van der Waals surface area contributed by atoms with Gasteiger partial charge in [0.05, 0.1) is 0 Å². The molecule has 0 fully saturated rings. The van der Waals surface area contributed by atoms with Gasteiger partial charge in [-0.3, -0.25) is 4.79 Å². The summed E-state index contributed by atoms with van der Waals surface area (Å²) in [5.74, 6) is -0.390. The van der Waals surface area contributed by atoms with Crippen molar-refractivity contribution in [2.24, 2.45) is 5.73 Å². The van der Waals surface area contributed by atoms with Crippen LogP contribution in [0.15, 0.2) is 42.6 Å². The number of amides is 1. The molecule has 3 heteroatoms. The van der Waals surface area contributed by atoms with Crippen molar-refractivity contribution in [1.29, 1.82) is 0 Å². The molecule has 16 heavy (non-hydrogen) atoms. The Morgan fingerprint density at radius 2 is 2.00 bits per heavy atom. The zero-order chi connectivity index (χ0) is 11.1. The molecule has 0 unspecified atom stereocenters. The van der Waals surface area contributed by atoms with Gasteiger partial charge in [-0.15, -0.1) is 0 Å². The van der Waals surface area contributed by atoms with Crippen molar-refractivity contribution >= 4 is 27.6 Å². The molecule has 0 saturated heterocycles. The molecule has 0 bridgehead atoms. The van der Waals surface area contributed by atoms with Crippen LogP contribution in [0.4, 0.5) is 0 Å². The lowest BCUT2D eigenvalue weighted by atomic mass is 10.0. The number of benzene rings is 2. The van der Waals surface area contributed by atoms with Gasteiger partial charge >= 0.3 is 0 Å². The van der Waals surface area contributed by atoms with Crippen LogP contribution < -0.4 is 5.73 Å². The number of aromatic nitrogens is 1. The fraction of sp³-hybridized carbons (Fsp3) is 0. The van der Waals surface area contributed by atoms with Crippen LogP contribution in [0.25, 0.3) is 21.7 Å². The zero-order valence-electron chi connectivity index (χ0n) is 8.53. The zero-order valence-corrected chi connectivity index (χ0v) is 8.53. The monoisotopic (exact) mass is 210 g/mol. The molecule has 1 aromatic heterocycles. The van der Waals surface area contributed by atoms with E-state index in [1.165, 1.54) is 0 Å². The second-order valence-corrected chi connectivity index (χ2v) is 3.77. The van der Waals surface area contributed by atoms with Gasteiger partial charge in [0.15, 0.2) is 0 Å². The first-order chi connectivity index (χ1) is 7.77. The Morgan fingerprint density at radius 1 is 1.12 bits per heavy atom. The summed E-state index contributed by atoms with van der Waals surface area (Å²) < 4.78 is 0. The van der Waals surface area contributed by atoms with Gasteiger partial charge in [-0.1, -0.05) is 18.2 Å². The summed E-state index contributed by atoms with van der Waals surface area (Å²) >= 11 is 0. The number of rotatable bonds is 1. The van der Waals surface area contributed by atoms with E-state index in [-0.39, 0.29) is 5.91 Å². The van der Waals surface area contributed by atoms with Gasteiger partial charge in [0.25, 0.3) is 0 Å². The van der Waals surface area contributed by atoms with Crippen LogP contribution in [0.3, 0.4) is 0 Å². The van der Waals surface area contributed by atoms with Gasteiger partial charge in [-0.05, 0) is 23.6 Å². The maximum atomic E-state index is 11.4. The third-order valence-electron chi connectivity index (χ3n) is 2.84. The number of nitrogens with two attached hydrogens (primary N) is 1. The second kappa shape index (κ2) is 3.10. The van der Waals surface area contributed by atoms with E-state index in [0.29, 0.717) is 5.56 Å². The quantitative estimate of drug-likeness (QED) is 0.636. The number of carbonyl (C=O) groups excluding carboxylic acids is 1. The lowest BCUT2D eigenvalue weighted by molar-refractivity contribution is 0.100. The highest BCUT2D eigenvalue weighted by atomic mass is 16.1. The van der Waals surface area contributed by atoms with E-state index in [1.807, 2.05) is 36.5 Å². The summed E-state index contributed by atoms with van der Waals surface area (Å²) in [7, 11) is 0. The summed E-state index contributed by atoms with van der Waals surface area (Å²) in [4.78, 5) is 14.5. The number of hydrogen-bond acceptors (Lipinski definition) is 1. The third kappa shape index (κ3) is 1.11. The standard InChI is InChI=1S/C13H10N2O/c14-13(16)10-3-1-2-8-4-5-11-9(12(8)10)6-7-15-11/h1-7,15H,(H2,14,16). The summed E-state index contributed by atoms with van der Waals surface area (Å²) in [6.45, 7) is 0. The van der Waals surface area contributed by atoms with Crippen LogP contribution in [-0.2, 0) is 0 Å². The molecule has 3 rings (SSSR count). The number of primary amides is 1. The fourth-order valence-corrected chi connectivity index (χ4v) is 2.13. The topological polar surface area (TPSA) is 58.9 Å². The minimum Gasteiger partial charge on any atom is -0.366 e. The molecule has 78 valence electrons. The maximum absolute atomic E-state index is 11.4. The minimum absolute atomic E-state index is 0.390. The Kier molecular flexibility index (Phi) is 1.74. The molecule has 0 atom stereocenters. The number of carbonyl (C=O) groups is 1. The van der Waals surface area contributed by atoms with E-state index >= 15 is 0 Å². The molecule has 3 nitrogen and oxygen atoms in total. The van der Waals surface area contributed by atoms with Crippen LogP contribution in [0.2, 0.25) is 0 Å². The Labute approximate surface area is 91.9 Å². The van der Waals surface area contributed by atoms with Gasteiger partial charge in [0.1, 0.15) is 0 Å². The fourth-order valence-electron chi connectivity index (χ4n) is 2.13. The van der Waals surface area contributed by atoms with E-state index in [4.69, 9.17) is 5.73 Å². The number of aromatic amines is 1. The van der Waals surface area contributed by atoms with Gasteiger partial charge in [-0.2, -0.15) is 0 Å². The van der Waals surface area contributed by atoms with Crippen molar-refractivity contribution in [3.05, 3.63) is 48.2 Å². The van der Waals surface area contributed by atoms with Gasteiger partial charge in [0, 0.05) is 28.0 Å².